The number of fused-ring (bicyclic) bond motifs is 1. The second-order valence-corrected chi connectivity index (χ2v) is 6.56. The van der Waals surface area contributed by atoms with E-state index >= 15 is 0 Å². The van der Waals surface area contributed by atoms with Gasteiger partial charge in [-0.05, 0) is 30.7 Å². The van der Waals surface area contributed by atoms with E-state index in [9.17, 15) is 4.79 Å². The van der Waals surface area contributed by atoms with Crippen LogP contribution in [-0.2, 0) is 19.4 Å². The highest BCUT2D eigenvalue weighted by atomic mass is 16.2. The van der Waals surface area contributed by atoms with Crippen LogP contribution in [0.25, 0.3) is 0 Å². The fraction of sp³-hybridized carbons (Fsp3) is 0.444. The largest absolute Gasteiger partial charge is 0.347 e. The maximum atomic E-state index is 12.7. The Kier molecular flexibility index (Phi) is 3.87. The Morgan fingerprint density at radius 1 is 1.30 bits per heavy atom. The first-order valence-corrected chi connectivity index (χ1v) is 8.43. The van der Waals surface area contributed by atoms with Crippen molar-refractivity contribution >= 4 is 5.91 Å². The summed E-state index contributed by atoms with van der Waals surface area (Å²) in [6.07, 6.45) is 4.21. The van der Waals surface area contributed by atoms with Gasteiger partial charge >= 0.3 is 0 Å². The summed E-state index contributed by atoms with van der Waals surface area (Å²) >= 11 is 0. The molecule has 0 saturated heterocycles. The zero-order chi connectivity index (χ0) is 15.6. The van der Waals surface area contributed by atoms with E-state index in [1.807, 2.05) is 6.07 Å². The van der Waals surface area contributed by atoms with E-state index in [1.165, 1.54) is 18.4 Å². The number of carbonyl (C=O) groups is 1. The van der Waals surface area contributed by atoms with Gasteiger partial charge in [0.05, 0.1) is 0 Å². The molecule has 2 aliphatic rings. The summed E-state index contributed by atoms with van der Waals surface area (Å²) in [6, 6.07) is 10.6. The molecule has 5 nitrogen and oxygen atoms in total. The Hall–Kier alpha value is -2.14. The molecule has 1 fully saturated rings. The first-order chi connectivity index (χ1) is 11.3. The predicted octanol–water partition coefficient (Wildman–Crippen LogP) is 1.81. The number of nitrogens with one attached hydrogen (secondary N) is 3. The molecule has 2 heterocycles. The van der Waals surface area contributed by atoms with Crippen LogP contribution in [0, 0.1) is 5.92 Å². The number of aromatic nitrogens is 2. The Bertz CT molecular complexity index is 690. The van der Waals surface area contributed by atoms with Crippen LogP contribution in [0.4, 0.5) is 0 Å². The highest BCUT2D eigenvalue weighted by molar-refractivity contribution is 5.94. The number of nitrogens with zero attached hydrogens (tertiary/aromatic N) is 1. The number of H-pyrrole nitrogens is 1. The van der Waals surface area contributed by atoms with Crippen molar-refractivity contribution in [3.63, 3.8) is 0 Å². The molecule has 1 aromatic carbocycles. The topological polar surface area (TPSA) is 69.8 Å². The molecular formula is C18H22N4O. The third-order valence-corrected chi connectivity index (χ3v) is 4.83. The summed E-state index contributed by atoms with van der Waals surface area (Å²) in [5, 5.41) is 13.8. The van der Waals surface area contributed by atoms with E-state index in [0.717, 1.165) is 37.2 Å². The van der Waals surface area contributed by atoms with Crippen LogP contribution in [0.5, 0.6) is 0 Å². The van der Waals surface area contributed by atoms with E-state index in [1.54, 1.807) is 0 Å². The molecular weight excluding hydrogens is 288 g/mol. The lowest BCUT2D eigenvalue weighted by atomic mass is 10.0. The Balaban J connectivity index is 1.48. The van der Waals surface area contributed by atoms with Gasteiger partial charge in [0.25, 0.3) is 5.91 Å². The number of hydrogen-bond donors (Lipinski definition) is 3. The van der Waals surface area contributed by atoms with Gasteiger partial charge in [-0.15, -0.1) is 0 Å². The minimum Gasteiger partial charge on any atom is -0.347 e. The van der Waals surface area contributed by atoms with Crippen LogP contribution >= 0.6 is 0 Å². The van der Waals surface area contributed by atoms with Crippen LogP contribution in [0.3, 0.4) is 0 Å². The zero-order valence-corrected chi connectivity index (χ0v) is 13.1. The van der Waals surface area contributed by atoms with Crippen molar-refractivity contribution in [2.24, 2.45) is 5.92 Å². The van der Waals surface area contributed by atoms with Crippen molar-refractivity contribution in [1.82, 2.24) is 20.8 Å². The SMILES string of the molecule is O=C(NC(Cc1ccccc1)C1CC1)c1n[nH]c2c1CNCC2. The molecule has 3 N–H and O–H groups in total. The first-order valence-electron chi connectivity index (χ1n) is 8.43. The Morgan fingerprint density at radius 3 is 2.91 bits per heavy atom. The van der Waals surface area contributed by atoms with E-state index in [0.29, 0.717) is 11.6 Å². The summed E-state index contributed by atoms with van der Waals surface area (Å²) in [5.41, 5.74) is 3.96. The summed E-state index contributed by atoms with van der Waals surface area (Å²) in [4.78, 5) is 12.7. The normalized spacial score (nSPS) is 18.3. The average Bonchev–Trinajstić information content (AvgIpc) is 3.34. The van der Waals surface area contributed by atoms with Crippen LogP contribution in [0.15, 0.2) is 30.3 Å². The second-order valence-electron chi connectivity index (χ2n) is 6.56. The number of carbonyl (C=O) groups excluding carboxylic acids is 1. The molecule has 1 aliphatic heterocycles. The summed E-state index contributed by atoms with van der Waals surface area (Å²) in [7, 11) is 0. The van der Waals surface area contributed by atoms with Gasteiger partial charge in [0.1, 0.15) is 0 Å². The van der Waals surface area contributed by atoms with Crippen molar-refractivity contribution < 1.29 is 4.79 Å². The molecule has 5 heteroatoms. The lowest BCUT2D eigenvalue weighted by Crippen LogP contribution is -2.39. The van der Waals surface area contributed by atoms with Gasteiger partial charge in [-0.2, -0.15) is 5.10 Å². The third kappa shape index (κ3) is 3.15. The standard InChI is InChI=1S/C18H22N4O/c23-18(17-14-11-19-9-8-15(14)21-22-17)20-16(13-6-7-13)10-12-4-2-1-3-5-12/h1-5,13,16,19H,6-11H2,(H,20,23)(H,21,22). The van der Waals surface area contributed by atoms with Gasteiger partial charge in [-0.25, -0.2) is 0 Å². The third-order valence-electron chi connectivity index (χ3n) is 4.83. The van der Waals surface area contributed by atoms with Crippen LogP contribution in [0.1, 0.15) is 40.2 Å². The maximum absolute atomic E-state index is 12.7. The fourth-order valence-electron chi connectivity index (χ4n) is 3.35. The zero-order valence-electron chi connectivity index (χ0n) is 13.1. The number of rotatable bonds is 5. The summed E-state index contributed by atoms with van der Waals surface area (Å²) in [5.74, 6) is 0.561. The lowest BCUT2D eigenvalue weighted by molar-refractivity contribution is 0.0925. The number of benzene rings is 1. The van der Waals surface area contributed by atoms with E-state index in [2.05, 4.69) is 45.1 Å². The molecule has 1 atom stereocenters. The minimum atomic E-state index is -0.0426. The predicted molar refractivity (Wildman–Crippen MR) is 88.1 cm³/mol. The fourth-order valence-corrected chi connectivity index (χ4v) is 3.35. The number of amides is 1. The lowest BCUT2D eigenvalue weighted by Gasteiger charge is -2.19. The molecule has 0 radical (unpaired) electrons. The number of hydrogen-bond acceptors (Lipinski definition) is 3. The quantitative estimate of drug-likeness (QED) is 0.789. The summed E-state index contributed by atoms with van der Waals surface area (Å²) < 4.78 is 0. The van der Waals surface area contributed by atoms with Crippen molar-refractivity contribution in [1.29, 1.82) is 0 Å². The Morgan fingerprint density at radius 2 is 2.13 bits per heavy atom. The highest BCUT2D eigenvalue weighted by Crippen LogP contribution is 2.34. The van der Waals surface area contributed by atoms with Gasteiger partial charge in [-0.1, -0.05) is 30.3 Å². The monoisotopic (exact) mass is 310 g/mol. The molecule has 0 spiro atoms. The minimum absolute atomic E-state index is 0.0426. The maximum Gasteiger partial charge on any atom is 0.272 e. The van der Waals surface area contributed by atoms with Crippen molar-refractivity contribution in [3.8, 4) is 0 Å². The van der Waals surface area contributed by atoms with Gasteiger partial charge in [0.15, 0.2) is 5.69 Å². The van der Waals surface area contributed by atoms with E-state index in [-0.39, 0.29) is 11.9 Å². The van der Waals surface area contributed by atoms with Gasteiger partial charge in [0.2, 0.25) is 0 Å². The average molecular weight is 310 g/mol. The molecule has 23 heavy (non-hydrogen) atoms. The smallest absolute Gasteiger partial charge is 0.272 e. The molecule has 4 rings (SSSR count). The van der Waals surface area contributed by atoms with E-state index in [4.69, 9.17) is 0 Å². The molecule has 0 bridgehead atoms. The molecule has 1 unspecified atom stereocenters. The van der Waals surface area contributed by atoms with E-state index < -0.39 is 0 Å². The molecule has 1 aliphatic carbocycles. The van der Waals surface area contributed by atoms with Crippen molar-refractivity contribution in [2.45, 2.75) is 38.3 Å². The van der Waals surface area contributed by atoms with Crippen molar-refractivity contribution in [2.75, 3.05) is 6.54 Å². The molecule has 120 valence electrons. The van der Waals surface area contributed by atoms with Crippen LogP contribution < -0.4 is 10.6 Å². The van der Waals surface area contributed by atoms with Gasteiger partial charge in [-0.3, -0.25) is 9.89 Å². The molecule has 1 aromatic heterocycles. The van der Waals surface area contributed by atoms with Gasteiger partial charge in [0, 0.05) is 36.8 Å². The van der Waals surface area contributed by atoms with Crippen LogP contribution in [0.2, 0.25) is 0 Å². The summed E-state index contributed by atoms with van der Waals surface area (Å²) in [6.45, 7) is 1.66. The molecule has 1 saturated carbocycles. The van der Waals surface area contributed by atoms with Crippen molar-refractivity contribution in [3.05, 3.63) is 52.8 Å². The van der Waals surface area contributed by atoms with Gasteiger partial charge < -0.3 is 10.6 Å². The van der Waals surface area contributed by atoms with Crippen LogP contribution in [-0.4, -0.2) is 28.7 Å². The molecule has 1 amide bonds. The number of aromatic amines is 1. The second kappa shape index (κ2) is 6.16. The molecule has 2 aromatic rings. The first kappa shape index (κ1) is 14.5. The Labute approximate surface area is 135 Å². The highest BCUT2D eigenvalue weighted by Gasteiger charge is 2.33.